The van der Waals surface area contributed by atoms with Crippen LogP contribution in [0.3, 0.4) is 0 Å². The number of halogens is 2. The largest absolute Gasteiger partial charge is 0.478 e. The number of hydrogen-bond donors (Lipinski definition) is 1. The van der Waals surface area contributed by atoms with Crippen molar-refractivity contribution >= 4 is 45.0 Å². The second kappa shape index (κ2) is 5.86. The molecule has 0 spiro atoms. The molecule has 6 heteroatoms. The molecule has 2 nitrogen and oxygen atoms in total. The average molecular weight is 347 g/mol. The van der Waals surface area contributed by atoms with Crippen LogP contribution in [0, 0.1) is 5.82 Å². The van der Waals surface area contributed by atoms with Crippen LogP contribution in [0.15, 0.2) is 39.0 Å². The predicted molar refractivity (Wildman–Crippen MR) is 74.9 cm³/mol. The lowest BCUT2D eigenvalue weighted by Crippen LogP contribution is -2.00. The summed E-state index contributed by atoms with van der Waals surface area (Å²) in [5.41, 5.74) is -0.285. The highest BCUT2D eigenvalue weighted by Crippen LogP contribution is 2.30. The molecule has 2 rings (SSSR count). The number of carboxylic acids is 1. The molecule has 0 aliphatic carbocycles. The molecule has 1 N–H and O–H groups in total. The van der Waals surface area contributed by atoms with Crippen LogP contribution in [-0.2, 0) is 5.75 Å². The summed E-state index contributed by atoms with van der Waals surface area (Å²) in [6.45, 7) is 0. The van der Waals surface area contributed by atoms with E-state index in [1.807, 2.05) is 12.1 Å². The van der Waals surface area contributed by atoms with E-state index in [4.69, 9.17) is 5.11 Å². The third kappa shape index (κ3) is 3.34. The zero-order valence-corrected chi connectivity index (χ0v) is 12.2. The van der Waals surface area contributed by atoms with E-state index in [9.17, 15) is 9.18 Å². The summed E-state index contributed by atoms with van der Waals surface area (Å²) in [6.07, 6.45) is 0. The quantitative estimate of drug-likeness (QED) is 0.819. The predicted octanol–water partition coefficient (Wildman–Crippen LogP) is 4.64. The van der Waals surface area contributed by atoms with Gasteiger partial charge in [0.1, 0.15) is 5.82 Å². The Morgan fingerprint density at radius 2 is 2.17 bits per heavy atom. The molecule has 94 valence electrons. The molecular formula is C12H8BrFO2S2. The van der Waals surface area contributed by atoms with Gasteiger partial charge in [0.05, 0.1) is 9.35 Å². The molecule has 0 saturated heterocycles. The molecule has 0 unspecified atom stereocenters. The van der Waals surface area contributed by atoms with Gasteiger partial charge in [-0.3, -0.25) is 0 Å². The molecule has 0 radical (unpaired) electrons. The van der Waals surface area contributed by atoms with Crippen molar-refractivity contribution in [2.75, 3.05) is 0 Å². The number of thioether (sulfide) groups is 1. The van der Waals surface area contributed by atoms with E-state index in [0.717, 1.165) is 14.4 Å². The highest BCUT2D eigenvalue weighted by molar-refractivity contribution is 9.11. The normalized spacial score (nSPS) is 10.6. The minimum absolute atomic E-state index is 0.285. The Kier molecular flexibility index (Phi) is 4.42. The number of carbonyl (C=O) groups is 1. The molecule has 0 amide bonds. The van der Waals surface area contributed by atoms with E-state index in [0.29, 0.717) is 0 Å². The van der Waals surface area contributed by atoms with Crippen molar-refractivity contribution in [3.63, 3.8) is 0 Å². The molecule has 1 aromatic heterocycles. The molecule has 0 aliphatic rings. The number of carboxylic acid groups (broad SMARTS) is 1. The van der Waals surface area contributed by atoms with Crippen LogP contribution < -0.4 is 0 Å². The van der Waals surface area contributed by atoms with Crippen molar-refractivity contribution in [2.45, 2.75) is 10.6 Å². The minimum atomic E-state index is -1.24. The Labute approximate surface area is 120 Å². The molecule has 0 saturated carbocycles. The third-order valence-electron chi connectivity index (χ3n) is 2.18. The van der Waals surface area contributed by atoms with Gasteiger partial charge in [0.25, 0.3) is 0 Å². The van der Waals surface area contributed by atoms with Crippen molar-refractivity contribution < 1.29 is 14.3 Å². The first-order valence-electron chi connectivity index (χ1n) is 4.96. The van der Waals surface area contributed by atoms with Crippen molar-refractivity contribution in [3.8, 4) is 0 Å². The van der Waals surface area contributed by atoms with Gasteiger partial charge in [0.2, 0.25) is 0 Å². The Morgan fingerprint density at radius 3 is 2.78 bits per heavy atom. The fraction of sp³-hybridized carbons (Fsp3) is 0.0833. The first-order valence-corrected chi connectivity index (χ1v) is 7.55. The van der Waals surface area contributed by atoms with Gasteiger partial charge in [-0.05, 0) is 46.3 Å². The average Bonchev–Trinajstić information content (AvgIpc) is 2.74. The van der Waals surface area contributed by atoms with Crippen LogP contribution in [0.4, 0.5) is 4.39 Å². The van der Waals surface area contributed by atoms with E-state index in [2.05, 4.69) is 15.9 Å². The maximum Gasteiger partial charge on any atom is 0.338 e. The fourth-order valence-corrected chi connectivity index (χ4v) is 3.80. The highest BCUT2D eigenvalue weighted by atomic mass is 79.9. The maximum atomic E-state index is 13.2. The molecule has 0 bridgehead atoms. The van der Waals surface area contributed by atoms with E-state index in [1.165, 1.54) is 28.8 Å². The Hall–Kier alpha value is -0.850. The molecule has 0 fully saturated rings. The molecule has 0 atom stereocenters. The summed E-state index contributed by atoms with van der Waals surface area (Å²) >= 11 is 6.49. The smallest absolute Gasteiger partial charge is 0.338 e. The molecule has 1 aromatic carbocycles. The molecule has 2 aromatic rings. The van der Waals surface area contributed by atoms with Crippen molar-refractivity contribution in [2.24, 2.45) is 0 Å². The fourth-order valence-electron chi connectivity index (χ4n) is 1.34. The monoisotopic (exact) mass is 346 g/mol. The Bertz CT molecular complexity index is 583. The van der Waals surface area contributed by atoms with Crippen LogP contribution in [0.1, 0.15) is 15.2 Å². The van der Waals surface area contributed by atoms with Gasteiger partial charge in [0.15, 0.2) is 0 Å². The summed E-state index contributed by atoms with van der Waals surface area (Å²) in [4.78, 5) is 12.7. The number of hydrogen-bond acceptors (Lipinski definition) is 3. The number of rotatable bonds is 4. The zero-order chi connectivity index (χ0) is 13.1. The lowest BCUT2D eigenvalue weighted by molar-refractivity contribution is 0.0691. The number of aromatic carboxylic acids is 1. The van der Waals surface area contributed by atoms with Gasteiger partial charge in [0, 0.05) is 15.5 Å². The topological polar surface area (TPSA) is 37.3 Å². The highest BCUT2D eigenvalue weighted by Gasteiger charge is 2.11. The van der Waals surface area contributed by atoms with Gasteiger partial charge in [-0.25, -0.2) is 9.18 Å². The van der Waals surface area contributed by atoms with Crippen molar-refractivity contribution in [1.29, 1.82) is 0 Å². The Balaban J connectivity index is 2.10. The summed E-state index contributed by atoms with van der Waals surface area (Å²) < 4.78 is 14.3. The molecule has 0 aliphatic heterocycles. The van der Waals surface area contributed by atoms with Gasteiger partial charge >= 0.3 is 5.97 Å². The van der Waals surface area contributed by atoms with Gasteiger partial charge < -0.3 is 5.11 Å². The third-order valence-corrected chi connectivity index (χ3v) is 5.03. The summed E-state index contributed by atoms with van der Waals surface area (Å²) in [5.74, 6) is -1.21. The second-order valence-electron chi connectivity index (χ2n) is 3.44. The lowest BCUT2D eigenvalue weighted by atomic mass is 10.2. The maximum absolute atomic E-state index is 13.2. The zero-order valence-electron chi connectivity index (χ0n) is 9.02. The van der Waals surface area contributed by atoms with Crippen molar-refractivity contribution in [1.82, 2.24) is 0 Å². The van der Waals surface area contributed by atoms with E-state index in [-0.39, 0.29) is 5.56 Å². The standard InChI is InChI=1S/C12H8BrFO2S2/c13-11-4-2-8(18-11)6-17-7-1-3-10(14)9(5-7)12(15)16/h1-5H,6H2,(H,15,16). The summed E-state index contributed by atoms with van der Waals surface area (Å²) in [6, 6.07) is 8.12. The van der Waals surface area contributed by atoms with Gasteiger partial charge in [-0.15, -0.1) is 23.1 Å². The number of benzene rings is 1. The van der Waals surface area contributed by atoms with Crippen LogP contribution in [0.2, 0.25) is 0 Å². The van der Waals surface area contributed by atoms with E-state index >= 15 is 0 Å². The lowest BCUT2D eigenvalue weighted by Gasteiger charge is -2.02. The van der Waals surface area contributed by atoms with Crippen LogP contribution in [-0.4, -0.2) is 11.1 Å². The first-order chi connectivity index (χ1) is 8.56. The van der Waals surface area contributed by atoms with Crippen molar-refractivity contribution in [3.05, 3.63) is 50.4 Å². The minimum Gasteiger partial charge on any atom is -0.478 e. The van der Waals surface area contributed by atoms with Crippen LogP contribution >= 0.6 is 39.0 Å². The molecule has 1 heterocycles. The second-order valence-corrected chi connectivity index (χ2v) is 7.04. The van der Waals surface area contributed by atoms with E-state index < -0.39 is 11.8 Å². The van der Waals surface area contributed by atoms with E-state index in [1.54, 1.807) is 17.4 Å². The summed E-state index contributed by atoms with van der Waals surface area (Å²) in [7, 11) is 0. The first kappa shape index (κ1) is 13.6. The SMILES string of the molecule is O=C(O)c1cc(SCc2ccc(Br)s2)ccc1F. The van der Waals surface area contributed by atoms with Gasteiger partial charge in [-0.1, -0.05) is 0 Å². The van der Waals surface area contributed by atoms with Crippen LogP contribution in [0.5, 0.6) is 0 Å². The number of thiophene rings is 1. The van der Waals surface area contributed by atoms with Gasteiger partial charge in [-0.2, -0.15) is 0 Å². The van der Waals surface area contributed by atoms with Crippen LogP contribution in [0.25, 0.3) is 0 Å². The Morgan fingerprint density at radius 1 is 1.39 bits per heavy atom. The molecule has 18 heavy (non-hydrogen) atoms. The summed E-state index contributed by atoms with van der Waals surface area (Å²) in [5, 5.41) is 8.83. The molecular weight excluding hydrogens is 339 g/mol.